The van der Waals surface area contributed by atoms with Gasteiger partial charge in [-0.05, 0) is 0 Å². The van der Waals surface area contributed by atoms with Gasteiger partial charge < -0.3 is 0 Å². The number of carbonyl (C=O) groups is 2. The Labute approximate surface area is 174 Å². The second kappa shape index (κ2) is 11.2. The van der Waals surface area contributed by atoms with Crippen LogP contribution in [0.1, 0.15) is 86.9 Å². The van der Waals surface area contributed by atoms with E-state index < -0.39 is 18.4 Å². The van der Waals surface area contributed by atoms with Crippen LogP contribution in [0.3, 0.4) is 0 Å². The van der Waals surface area contributed by atoms with Crippen LogP contribution in [0.5, 0.6) is 0 Å². The molecule has 0 radical (unpaired) electrons. The van der Waals surface area contributed by atoms with Gasteiger partial charge in [0.25, 0.3) is 0 Å². The van der Waals surface area contributed by atoms with Crippen molar-refractivity contribution in [2.24, 2.45) is 0 Å². The van der Waals surface area contributed by atoms with Gasteiger partial charge in [-0.1, -0.05) is 0 Å². The van der Waals surface area contributed by atoms with E-state index in [1.807, 2.05) is 25.1 Å². The van der Waals surface area contributed by atoms with Crippen molar-refractivity contribution in [1.29, 1.82) is 0 Å². The molecule has 0 aliphatic heterocycles. The first-order valence-corrected chi connectivity index (χ1v) is 18.6. The Kier molecular flexibility index (Phi) is 9.25. The van der Waals surface area contributed by atoms with Crippen molar-refractivity contribution >= 4 is 29.9 Å². The van der Waals surface area contributed by atoms with Crippen molar-refractivity contribution in [3.8, 4) is 0 Å². The molecule has 0 saturated heterocycles. The second-order valence-electron chi connectivity index (χ2n) is 7.93. The fraction of sp³-hybridized carbons (Fsp3) is 0.583. The normalized spacial score (nSPS) is 14.4. The molecule has 1 aliphatic carbocycles. The van der Waals surface area contributed by atoms with Gasteiger partial charge in [0.1, 0.15) is 0 Å². The molecule has 1 aromatic carbocycles. The molecular formula is C24H36O3Sn. The van der Waals surface area contributed by atoms with E-state index in [-0.39, 0.29) is 11.6 Å². The molecule has 0 spiro atoms. The maximum atomic E-state index is 13.7. The van der Waals surface area contributed by atoms with Gasteiger partial charge in [-0.25, -0.2) is 0 Å². The zero-order chi connectivity index (χ0) is 20.6. The van der Waals surface area contributed by atoms with Gasteiger partial charge in [0.05, 0.1) is 0 Å². The molecule has 2 rings (SSSR count). The number of ether oxygens (including phenoxy) is 1. The number of ketones is 2. The fourth-order valence-electron chi connectivity index (χ4n) is 4.41. The number of allylic oxidation sites excluding steroid dienone is 2. The van der Waals surface area contributed by atoms with Crippen LogP contribution in [0.15, 0.2) is 33.6 Å². The molecule has 4 heteroatoms. The molecule has 0 atom stereocenters. The Morgan fingerprint density at radius 1 is 0.750 bits per heavy atom. The Balaban J connectivity index is 2.68. The molecule has 0 N–H and O–H groups in total. The molecule has 0 bridgehead atoms. The van der Waals surface area contributed by atoms with E-state index in [1.54, 1.807) is 6.07 Å². The summed E-state index contributed by atoms with van der Waals surface area (Å²) in [5.74, 6) is 0.431. The molecule has 154 valence electrons. The zero-order valence-electron chi connectivity index (χ0n) is 18.1. The van der Waals surface area contributed by atoms with Crippen LogP contribution < -0.4 is 0 Å². The topological polar surface area (TPSA) is 43.4 Å². The Morgan fingerprint density at radius 3 is 1.64 bits per heavy atom. The van der Waals surface area contributed by atoms with Gasteiger partial charge in [-0.3, -0.25) is 0 Å². The molecule has 0 saturated carbocycles. The first kappa shape index (κ1) is 23.2. The monoisotopic (exact) mass is 492 g/mol. The third kappa shape index (κ3) is 4.90. The van der Waals surface area contributed by atoms with E-state index in [0.29, 0.717) is 23.5 Å². The van der Waals surface area contributed by atoms with Crippen LogP contribution in [0, 0.1) is 0 Å². The number of hydrogen-bond donors (Lipinski definition) is 0. The van der Waals surface area contributed by atoms with Crippen LogP contribution in [-0.4, -0.2) is 36.6 Å². The van der Waals surface area contributed by atoms with Gasteiger partial charge in [0.15, 0.2) is 0 Å². The number of carbonyl (C=O) groups excluding carboxylic acids is 2. The molecule has 0 aromatic heterocycles. The third-order valence-electron chi connectivity index (χ3n) is 5.92. The summed E-state index contributed by atoms with van der Waals surface area (Å²) in [6.45, 7) is 8.99. The molecular weight excluding hydrogens is 455 g/mol. The number of fused-ring (bicyclic) bond motifs is 1. The summed E-state index contributed by atoms with van der Waals surface area (Å²) in [5.41, 5.74) is 1.11. The average Bonchev–Trinajstić information content (AvgIpc) is 2.72. The summed E-state index contributed by atoms with van der Waals surface area (Å²) < 4.78 is 10.3. The molecule has 0 fully saturated rings. The molecule has 28 heavy (non-hydrogen) atoms. The Morgan fingerprint density at radius 2 is 1.21 bits per heavy atom. The maximum absolute atomic E-state index is 13.7. The van der Waals surface area contributed by atoms with Crippen LogP contribution in [0.25, 0.3) is 0 Å². The number of unbranched alkanes of at least 4 members (excludes halogenated alkanes) is 3. The van der Waals surface area contributed by atoms with Crippen LogP contribution in [0.4, 0.5) is 0 Å². The minimum atomic E-state index is -3.11. The van der Waals surface area contributed by atoms with Crippen molar-refractivity contribution in [2.75, 3.05) is 6.61 Å². The summed E-state index contributed by atoms with van der Waals surface area (Å²) in [6.07, 6.45) is 6.84. The second-order valence-corrected chi connectivity index (χ2v) is 20.9. The van der Waals surface area contributed by atoms with E-state index in [1.165, 1.54) is 0 Å². The van der Waals surface area contributed by atoms with Crippen molar-refractivity contribution in [3.63, 3.8) is 0 Å². The molecule has 0 unspecified atom stereocenters. The molecule has 3 nitrogen and oxygen atoms in total. The van der Waals surface area contributed by atoms with E-state index in [9.17, 15) is 9.59 Å². The predicted octanol–water partition coefficient (Wildman–Crippen LogP) is 6.74. The van der Waals surface area contributed by atoms with E-state index in [2.05, 4.69) is 20.8 Å². The van der Waals surface area contributed by atoms with Crippen LogP contribution in [0.2, 0.25) is 13.3 Å². The fourth-order valence-corrected chi connectivity index (χ4v) is 21.2. The van der Waals surface area contributed by atoms with Crippen molar-refractivity contribution in [1.82, 2.24) is 0 Å². The quantitative estimate of drug-likeness (QED) is 0.304. The SMILES string of the molecule is CCC[CH2][Sn]([CH2]CCC)([CH2]CCC)[C]1=C(OCC)C(=O)c2ccccc2C1=O. The summed E-state index contributed by atoms with van der Waals surface area (Å²) in [6, 6.07) is 7.30. The van der Waals surface area contributed by atoms with Gasteiger partial charge in [-0.15, -0.1) is 0 Å². The first-order valence-electron chi connectivity index (χ1n) is 11.1. The Hall–Kier alpha value is -1.10. The first-order chi connectivity index (χ1) is 13.6. The van der Waals surface area contributed by atoms with E-state index in [0.717, 1.165) is 55.4 Å². The summed E-state index contributed by atoms with van der Waals surface area (Å²) in [7, 11) is 0. The van der Waals surface area contributed by atoms with Crippen molar-refractivity contribution in [2.45, 2.75) is 79.5 Å². The standard InChI is InChI=1S/C12H9O3.3C4H9.Sn/c1-2-15-11-7-10(13)8-5-3-4-6-9(8)12(11)14;3*1-3-4-2;/h3-6H,2H2,1H3;3*1,3-4H2,2H3;. The van der Waals surface area contributed by atoms with Gasteiger partial charge >= 0.3 is 175 Å². The summed E-state index contributed by atoms with van der Waals surface area (Å²) in [4.78, 5) is 27.1. The minimum absolute atomic E-state index is 0.0716. The van der Waals surface area contributed by atoms with Gasteiger partial charge in [0, 0.05) is 0 Å². The number of Topliss-reactive ketones (excluding diaryl/α,β-unsaturated/α-hetero) is 2. The molecule has 1 aromatic rings. The van der Waals surface area contributed by atoms with Crippen molar-refractivity contribution in [3.05, 3.63) is 44.7 Å². The van der Waals surface area contributed by atoms with E-state index >= 15 is 0 Å². The van der Waals surface area contributed by atoms with Gasteiger partial charge in [-0.2, -0.15) is 0 Å². The van der Waals surface area contributed by atoms with E-state index in [4.69, 9.17) is 4.74 Å². The zero-order valence-corrected chi connectivity index (χ0v) is 21.0. The van der Waals surface area contributed by atoms with Gasteiger partial charge in [0.2, 0.25) is 0 Å². The number of hydrogen-bond acceptors (Lipinski definition) is 3. The van der Waals surface area contributed by atoms with Crippen LogP contribution >= 0.6 is 0 Å². The summed E-state index contributed by atoms with van der Waals surface area (Å²) in [5, 5.41) is 0. The average molecular weight is 491 g/mol. The number of benzene rings is 1. The molecule has 0 amide bonds. The molecule has 1 aliphatic rings. The van der Waals surface area contributed by atoms with Crippen molar-refractivity contribution < 1.29 is 14.3 Å². The predicted molar refractivity (Wildman–Crippen MR) is 119 cm³/mol. The summed E-state index contributed by atoms with van der Waals surface area (Å²) >= 11 is -3.11. The van der Waals surface area contributed by atoms with Crippen LogP contribution in [-0.2, 0) is 4.74 Å². The third-order valence-corrected chi connectivity index (χ3v) is 21.5. The Bertz CT molecular complexity index is 699. The molecule has 0 heterocycles. The number of rotatable bonds is 12.